The molecule has 0 aliphatic heterocycles. The van der Waals surface area contributed by atoms with Crippen molar-refractivity contribution in [2.75, 3.05) is 6.61 Å². The second-order valence-corrected chi connectivity index (χ2v) is 5.39. The highest BCUT2D eigenvalue weighted by Crippen LogP contribution is 2.24. The molecule has 3 rings (SSSR count). The second kappa shape index (κ2) is 6.19. The number of benzene rings is 1. The Labute approximate surface area is 129 Å². The zero-order valence-electron chi connectivity index (χ0n) is 11.9. The van der Waals surface area contributed by atoms with Gasteiger partial charge in [-0.15, -0.1) is 0 Å². The van der Waals surface area contributed by atoms with Gasteiger partial charge in [-0.05, 0) is 42.3 Å². The lowest BCUT2D eigenvalue weighted by Gasteiger charge is -2.08. The maximum absolute atomic E-state index is 6.18. The fourth-order valence-electron chi connectivity index (χ4n) is 2.34. The minimum Gasteiger partial charge on any atom is -0.494 e. The molecule has 0 amide bonds. The van der Waals surface area contributed by atoms with Gasteiger partial charge in [-0.1, -0.05) is 18.5 Å². The van der Waals surface area contributed by atoms with E-state index in [-0.39, 0.29) is 0 Å². The quantitative estimate of drug-likeness (QED) is 0.692. The average Bonchev–Trinajstić information content (AvgIpc) is 2.90. The predicted octanol–water partition coefficient (Wildman–Crippen LogP) is 4.53. The maximum atomic E-state index is 6.18. The van der Waals surface area contributed by atoms with Gasteiger partial charge in [0.15, 0.2) is 0 Å². The molecule has 0 N–H and O–H groups in total. The van der Waals surface area contributed by atoms with Crippen LogP contribution in [0.3, 0.4) is 0 Å². The molecule has 21 heavy (non-hydrogen) atoms. The Kier molecular flexibility index (Phi) is 4.11. The van der Waals surface area contributed by atoms with Gasteiger partial charge in [-0.3, -0.25) is 4.98 Å². The standard InChI is InChI=1S/C17H17ClN2O/c1-2-9-21-15-3-4-17-13(10-15)6-8-20(17)12-14-5-7-19-11-16(14)18/h3-8,10-11H,2,9,12H2,1H3. The van der Waals surface area contributed by atoms with Crippen molar-refractivity contribution in [1.82, 2.24) is 9.55 Å². The monoisotopic (exact) mass is 300 g/mol. The first-order chi connectivity index (χ1) is 10.3. The Morgan fingerprint density at radius 3 is 2.95 bits per heavy atom. The lowest BCUT2D eigenvalue weighted by molar-refractivity contribution is 0.318. The molecule has 0 bridgehead atoms. The van der Waals surface area contributed by atoms with Gasteiger partial charge in [-0.25, -0.2) is 0 Å². The zero-order valence-corrected chi connectivity index (χ0v) is 12.7. The molecule has 0 saturated heterocycles. The number of pyridine rings is 1. The molecule has 2 heterocycles. The molecule has 0 aliphatic carbocycles. The number of rotatable bonds is 5. The van der Waals surface area contributed by atoms with Gasteiger partial charge in [-0.2, -0.15) is 0 Å². The van der Waals surface area contributed by atoms with E-state index in [1.807, 2.05) is 12.1 Å². The van der Waals surface area contributed by atoms with Crippen LogP contribution in [-0.4, -0.2) is 16.2 Å². The normalized spacial score (nSPS) is 11.0. The van der Waals surface area contributed by atoms with Crippen LogP contribution in [0.25, 0.3) is 10.9 Å². The molecule has 0 aliphatic rings. The number of ether oxygens (including phenoxy) is 1. The van der Waals surface area contributed by atoms with Crippen LogP contribution in [0, 0.1) is 0 Å². The van der Waals surface area contributed by atoms with Crippen molar-refractivity contribution >= 4 is 22.5 Å². The van der Waals surface area contributed by atoms with Crippen molar-refractivity contribution in [3.05, 3.63) is 59.5 Å². The fourth-order valence-corrected chi connectivity index (χ4v) is 2.52. The van der Waals surface area contributed by atoms with E-state index < -0.39 is 0 Å². The molecule has 0 radical (unpaired) electrons. The van der Waals surface area contributed by atoms with Crippen LogP contribution in [0.4, 0.5) is 0 Å². The van der Waals surface area contributed by atoms with E-state index in [9.17, 15) is 0 Å². The van der Waals surface area contributed by atoms with Gasteiger partial charge < -0.3 is 9.30 Å². The highest BCUT2D eigenvalue weighted by Gasteiger charge is 2.06. The Bertz CT molecular complexity index is 751. The SMILES string of the molecule is CCCOc1ccc2c(ccn2Cc2ccncc2Cl)c1. The molecule has 0 saturated carbocycles. The number of hydrogen-bond acceptors (Lipinski definition) is 2. The first-order valence-electron chi connectivity index (χ1n) is 7.08. The van der Waals surface area contributed by atoms with Gasteiger partial charge in [0.25, 0.3) is 0 Å². The minimum absolute atomic E-state index is 0.697. The fraction of sp³-hybridized carbons (Fsp3) is 0.235. The third-order valence-electron chi connectivity index (χ3n) is 3.41. The Balaban J connectivity index is 1.88. The summed E-state index contributed by atoms with van der Waals surface area (Å²) < 4.78 is 7.85. The number of halogens is 1. The van der Waals surface area contributed by atoms with Gasteiger partial charge in [0, 0.05) is 36.0 Å². The molecule has 4 heteroatoms. The predicted molar refractivity (Wildman–Crippen MR) is 86.1 cm³/mol. The van der Waals surface area contributed by atoms with Crippen molar-refractivity contribution < 1.29 is 4.74 Å². The van der Waals surface area contributed by atoms with Crippen molar-refractivity contribution in [1.29, 1.82) is 0 Å². The molecule has 0 unspecified atom stereocenters. The van der Waals surface area contributed by atoms with Crippen LogP contribution >= 0.6 is 11.6 Å². The minimum atomic E-state index is 0.697. The first kappa shape index (κ1) is 14.0. The van der Waals surface area contributed by atoms with E-state index >= 15 is 0 Å². The Morgan fingerprint density at radius 1 is 1.24 bits per heavy atom. The molecule has 3 nitrogen and oxygen atoms in total. The smallest absolute Gasteiger partial charge is 0.120 e. The van der Waals surface area contributed by atoms with Crippen LogP contribution in [0.15, 0.2) is 48.9 Å². The Morgan fingerprint density at radius 2 is 2.14 bits per heavy atom. The number of fused-ring (bicyclic) bond motifs is 1. The molecule has 0 spiro atoms. The van der Waals surface area contributed by atoms with E-state index in [4.69, 9.17) is 16.3 Å². The molecular formula is C17H17ClN2O. The molecule has 2 aromatic heterocycles. The van der Waals surface area contributed by atoms with E-state index in [0.717, 1.165) is 30.9 Å². The summed E-state index contributed by atoms with van der Waals surface area (Å²) >= 11 is 6.18. The molecule has 108 valence electrons. The summed E-state index contributed by atoms with van der Waals surface area (Å²) in [5, 5.41) is 1.87. The third-order valence-corrected chi connectivity index (χ3v) is 3.75. The molecular weight excluding hydrogens is 284 g/mol. The largest absolute Gasteiger partial charge is 0.494 e. The summed E-state index contributed by atoms with van der Waals surface area (Å²) in [6.07, 6.45) is 6.54. The van der Waals surface area contributed by atoms with E-state index in [1.54, 1.807) is 12.4 Å². The molecule has 1 aromatic carbocycles. The molecule has 0 fully saturated rings. The summed E-state index contributed by atoms with van der Waals surface area (Å²) in [4.78, 5) is 4.02. The van der Waals surface area contributed by atoms with Crippen LogP contribution in [0.1, 0.15) is 18.9 Å². The molecule has 3 aromatic rings. The van der Waals surface area contributed by atoms with Crippen molar-refractivity contribution in [3.63, 3.8) is 0 Å². The van der Waals surface area contributed by atoms with Crippen LogP contribution in [-0.2, 0) is 6.54 Å². The second-order valence-electron chi connectivity index (χ2n) is 4.98. The summed E-state index contributed by atoms with van der Waals surface area (Å²) in [5.74, 6) is 0.920. The van der Waals surface area contributed by atoms with Crippen molar-refractivity contribution in [2.24, 2.45) is 0 Å². The van der Waals surface area contributed by atoms with E-state index in [1.165, 1.54) is 10.9 Å². The van der Waals surface area contributed by atoms with E-state index in [2.05, 4.69) is 40.9 Å². The highest BCUT2D eigenvalue weighted by atomic mass is 35.5. The summed E-state index contributed by atoms with van der Waals surface area (Å²) in [7, 11) is 0. The van der Waals surface area contributed by atoms with Gasteiger partial charge >= 0.3 is 0 Å². The zero-order chi connectivity index (χ0) is 14.7. The lowest BCUT2D eigenvalue weighted by Crippen LogP contribution is -1.99. The van der Waals surface area contributed by atoms with Crippen molar-refractivity contribution in [2.45, 2.75) is 19.9 Å². The number of hydrogen-bond donors (Lipinski definition) is 0. The first-order valence-corrected chi connectivity index (χ1v) is 7.46. The van der Waals surface area contributed by atoms with Crippen LogP contribution in [0.2, 0.25) is 5.02 Å². The Hall–Kier alpha value is -2.00. The van der Waals surface area contributed by atoms with E-state index in [0.29, 0.717) is 5.02 Å². The van der Waals surface area contributed by atoms with Crippen LogP contribution < -0.4 is 4.74 Å². The number of nitrogens with zero attached hydrogens (tertiary/aromatic N) is 2. The summed E-state index contributed by atoms with van der Waals surface area (Å²) in [5.41, 5.74) is 2.24. The topological polar surface area (TPSA) is 27.1 Å². The number of aromatic nitrogens is 2. The lowest BCUT2D eigenvalue weighted by atomic mass is 10.2. The van der Waals surface area contributed by atoms with Gasteiger partial charge in [0.2, 0.25) is 0 Å². The summed E-state index contributed by atoms with van der Waals surface area (Å²) in [6.45, 7) is 3.59. The average molecular weight is 301 g/mol. The third kappa shape index (κ3) is 3.03. The van der Waals surface area contributed by atoms with Crippen LogP contribution in [0.5, 0.6) is 5.75 Å². The highest BCUT2D eigenvalue weighted by molar-refractivity contribution is 6.31. The van der Waals surface area contributed by atoms with Gasteiger partial charge in [0.05, 0.1) is 11.6 Å². The maximum Gasteiger partial charge on any atom is 0.120 e. The summed E-state index contributed by atoms with van der Waals surface area (Å²) in [6, 6.07) is 10.2. The molecule has 0 atom stereocenters. The van der Waals surface area contributed by atoms with Gasteiger partial charge in [0.1, 0.15) is 5.75 Å². The van der Waals surface area contributed by atoms with Crippen molar-refractivity contribution in [3.8, 4) is 5.75 Å².